The van der Waals surface area contributed by atoms with Crippen molar-refractivity contribution in [1.29, 1.82) is 0 Å². The Labute approximate surface area is 142 Å². The van der Waals surface area contributed by atoms with Crippen molar-refractivity contribution in [2.75, 3.05) is 0 Å². The van der Waals surface area contributed by atoms with E-state index in [1.54, 1.807) is 0 Å². The summed E-state index contributed by atoms with van der Waals surface area (Å²) < 4.78 is 13.7. The van der Waals surface area contributed by atoms with E-state index >= 15 is 0 Å². The number of carbonyl (C=O) groups is 1. The summed E-state index contributed by atoms with van der Waals surface area (Å²) in [6.45, 7) is 2.52. The zero-order chi connectivity index (χ0) is 14.9. The zero-order valence-electron chi connectivity index (χ0n) is 12.7. The van der Waals surface area contributed by atoms with Gasteiger partial charge in [-0.3, -0.25) is 0 Å². The molecule has 1 aromatic rings. The molecule has 2 heterocycles. The van der Waals surface area contributed by atoms with Gasteiger partial charge in [-0.1, -0.05) is 0 Å². The topological polar surface area (TPSA) is 35.5 Å². The molecule has 0 saturated carbocycles. The Morgan fingerprint density at radius 3 is 2.95 bits per heavy atom. The van der Waals surface area contributed by atoms with Gasteiger partial charge >= 0.3 is 143 Å². The molecule has 0 aliphatic carbocycles. The summed E-state index contributed by atoms with van der Waals surface area (Å²) in [6, 6.07) is 10.2. The quantitative estimate of drug-likeness (QED) is 0.609. The van der Waals surface area contributed by atoms with Crippen LogP contribution in [0, 0.1) is 5.92 Å². The monoisotopic (exact) mass is 361 g/mol. The van der Waals surface area contributed by atoms with Crippen molar-refractivity contribution in [1.82, 2.24) is 0 Å². The maximum atomic E-state index is 12.7. The van der Waals surface area contributed by atoms with Gasteiger partial charge in [0.1, 0.15) is 0 Å². The SMILES string of the molecule is B[C@@H]1OC2(CC)C[CH2][Y][CH]1[C@@H]2C(=O)OCc1ccccc1. The number of rotatable bonds is 4. The van der Waals surface area contributed by atoms with Gasteiger partial charge in [-0.05, 0) is 0 Å². The van der Waals surface area contributed by atoms with E-state index < -0.39 is 29.2 Å². The average Bonchev–Trinajstić information content (AvgIpc) is 2.69. The van der Waals surface area contributed by atoms with Crippen LogP contribution in [0.1, 0.15) is 25.3 Å². The molecule has 0 spiro atoms. The molecule has 5 heteroatoms. The van der Waals surface area contributed by atoms with Crippen molar-refractivity contribution < 1.29 is 43.5 Å². The van der Waals surface area contributed by atoms with Crippen LogP contribution < -0.4 is 0 Å². The number of carbonyl (C=O) groups excluding carboxylic acids is 1. The van der Waals surface area contributed by atoms with Gasteiger partial charge in [0, 0.05) is 0 Å². The number of ether oxygens (including phenoxy) is 2. The Kier molecular flexibility index (Phi) is 4.87. The summed E-state index contributed by atoms with van der Waals surface area (Å²) >= 11 is -0.705. The first-order valence-corrected chi connectivity index (χ1v) is 11.5. The summed E-state index contributed by atoms with van der Waals surface area (Å²) in [6.07, 6.45) is 1.98. The molecule has 109 valence electrons. The Bertz CT molecular complexity index is 510. The molecule has 2 aliphatic rings. The molecule has 2 aliphatic heterocycles. The molecule has 2 fully saturated rings. The van der Waals surface area contributed by atoms with Crippen molar-refractivity contribution in [2.24, 2.45) is 5.92 Å². The van der Waals surface area contributed by atoms with Gasteiger partial charge in [0.25, 0.3) is 0 Å². The van der Waals surface area contributed by atoms with E-state index in [1.165, 1.54) is 3.23 Å². The molecule has 0 radical (unpaired) electrons. The van der Waals surface area contributed by atoms with Gasteiger partial charge in [-0.25, -0.2) is 0 Å². The molecule has 21 heavy (non-hydrogen) atoms. The average molecular weight is 361 g/mol. The summed E-state index contributed by atoms with van der Waals surface area (Å²) in [7, 11) is 2.15. The van der Waals surface area contributed by atoms with Gasteiger partial charge in [-0.15, -0.1) is 0 Å². The van der Waals surface area contributed by atoms with Crippen molar-refractivity contribution in [3.63, 3.8) is 0 Å². The van der Waals surface area contributed by atoms with Gasteiger partial charge < -0.3 is 0 Å². The summed E-state index contributed by atoms with van der Waals surface area (Å²) in [5, 5.41) is 0. The number of hydrogen-bond acceptors (Lipinski definition) is 3. The standard InChI is InChI=1S/C16H21BO3.Y/c1-3-16(4-2)13(10-14(17)20-16)15(18)19-11-12-8-6-5-7-9-12;/h5-10,13-14H,1,3-4,11,17H2,2H3;/t13-,14-,16?;/m1./s1. The van der Waals surface area contributed by atoms with E-state index in [0.29, 0.717) is 9.34 Å². The third-order valence-corrected chi connectivity index (χ3v) is 10.1. The van der Waals surface area contributed by atoms with Crippen LogP contribution in [0.5, 0.6) is 0 Å². The van der Waals surface area contributed by atoms with Crippen LogP contribution in [0.4, 0.5) is 0 Å². The van der Waals surface area contributed by atoms with Gasteiger partial charge in [0.15, 0.2) is 0 Å². The Balaban J connectivity index is 1.71. The van der Waals surface area contributed by atoms with Crippen LogP contribution in [0.15, 0.2) is 30.3 Å². The molecular formula is C16H21BO3Y. The summed E-state index contributed by atoms with van der Waals surface area (Å²) in [4.78, 5) is 12.7. The minimum atomic E-state index is -0.705. The first kappa shape index (κ1) is 15.7. The van der Waals surface area contributed by atoms with E-state index in [1.807, 2.05) is 30.3 Å². The van der Waals surface area contributed by atoms with Gasteiger partial charge in [-0.2, -0.15) is 0 Å². The molecule has 1 aromatic carbocycles. The first-order valence-electron chi connectivity index (χ1n) is 7.88. The Hall–Kier alpha value is -0.181. The number of hydrogen-bond donors (Lipinski definition) is 0. The molecule has 2 bridgehead atoms. The maximum absolute atomic E-state index is 12.7. The molecule has 2 saturated heterocycles. The molecule has 3 rings (SSSR count). The normalized spacial score (nSPS) is 33.9. The van der Waals surface area contributed by atoms with Crippen LogP contribution in [0.2, 0.25) is 5.96 Å². The molecule has 0 N–H and O–H groups in total. The first-order chi connectivity index (χ1) is 10.2. The molecule has 2 unspecified atom stereocenters. The number of fused-ring (bicyclic) bond motifs is 2. The van der Waals surface area contributed by atoms with E-state index in [2.05, 4.69) is 14.8 Å². The molecule has 3 nitrogen and oxygen atoms in total. The van der Waals surface area contributed by atoms with Crippen molar-refractivity contribution in [3.8, 4) is 0 Å². The fourth-order valence-corrected chi connectivity index (χ4v) is 9.49. The van der Waals surface area contributed by atoms with Crippen LogP contribution in [0.25, 0.3) is 0 Å². The van der Waals surface area contributed by atoms with E-state index in [0.717, 1.165) is 18.4 Å². The van der Waals surface area contributed by atoms with Crippen LogP contribution in [-0.4, -0.2) is 25.4 Å². The second-order valence-corrected chi connectivity index (χ2v) is 10.6. The molecular weight excluding hydrogens is 340 g/mol. The Morgan fingerprint density at radius 1 is 1.48 bits per heavy atom. The van der Waals surface area contributed by atoms with Crippen molar-refractivity contribution in [2.45, 2.75) is 43.9 Å². The molecule has 0 amide bonds. The van der Waals surface area contributed by atoms with Crippen LogP contribution >= 0.6 is 0 Å². The summed E-state index contributed by atoms with van der Waals surface area (Å²) in [5.41, 5.74) is 0.817. The van der Waals surface area contributed by atoms with E-state index in [-0.39, 0.29) is 23.5 Å². The van der Waals surface area contributed by atoms with E-state index in [9.17, 15) is 4.79 Å². The number of esters is 1. The van der Waals surface area contributed by atoms with Gasteiger partial charge in [0.2, 0.25) is 0 Å². The fourth-order valence-electron chi connectivity index (χ4n) is 3.88. The predicted molar refractivity (Wildman–Crippen MR) is 79.3 cm³/mol. The van der Waals surface area contributed by atoms with Crippen LogP contribution in [0.3, 0.4) is 0 Å². The third kappa shape index (κ3) is 3.00. The third-order valence-electron chi connectivity index (χ3n) is 5.00. The molecule has 4 atom stereocenters. The van der Waals surface area contributed by atoms with Crippen molar-refractivity contribution >= 4 is 13.8 Å². The fraction of sp³-hybridized carbons (Fsp3) is 0.562. The second-order valence-electron chi connectivity index (χ2n) is 6.16. The summed E-state index contributed by atoms with van der Waals surface area (Å²) in [5.74, 6) is -0.0304. The Morgan fingerprint density at radius 2 is 2.24 bits per heavy atom. The minimum absolute atomic E-state index is 0.00355. The predicted octanol–water partition coefficient (Wildman–Crippen LogP) is 2.18. The second kappa shape index (κ2) is 6.52. The van der Waals surface area contributed by atoms with Gasteiger partial charge in [0.05, 0.1) is 0 Å². The number of benzene rings is 1. The zero-order valence-corrected chi connectivity index (χ0v) is 15.6. The van der Waals surface area contributed by atoms with Crippen molar-refractivity contribution in [3.05, 3.63) is 35.9 Å². The van der Waals surface area contributed by atoms with Crippen LogP contribution in [-0.2, 0) is 50.1 Å². The molecule has 0 aromatic heterocycles. The van der Waals surface area contributed by atoms with E-state index in [4.69, 9.17) is 9.47 Å².